The van der Waals surface area contributed by atoms with Crippen molar-refractivity contribution < 1.29 is 9.00 Å². The summed E-state index contributed by atoms with van der Waals surface area (Å²) >= 11 is 0. The zero-order chi connectivity index (χ0) is 13.5. The van der Waals surface area contributed by atoms with E-state index in [2.05, 4.69) is 5.32 Å². The fraction of sp³-hybridized carbons (Fsp3) is 0.923. The van der Waals surface area contributed by atoms with E-state index < -0.39 is 16.0 Å². The number of nitrogens with two attached hydrogens (primary N) is 1. The molecule has 1 aliphatic rings. The second kappa shape index (κ2) is 7.89. The average molecular weight is 274 g/mol. The lowest BCUT2D eigenvalue weighted by Crippen LogP contribution is -2.44. The molecule has 0 aromatic carbocycles. The van der Waals surface area contributed by atoms with E-state index in [-0.39, 0.29) is 18.0 Å². The normalized spacial score (nSPS) is 22.2. The monoisotopic (exact) mass is 274 g/mol. The Bertz CT molecular complexity index is 291. The molecule has 3 unspecified atom stereocenters. The number of carbonyl (C=O) groups is 1. The summed E-state index contributed by atoms with van der Waals surface area (Å²) in [5.74, 6) is 0.332. The largest absolute Gasteiger partial charge is 0.352 e. The van der Waals surface area contributed by atoms with Gasteiger partial charge < -0.3 is 11.1 Å². The van der Waals surface area contributed by atoms with Crippen LogP contribution in [0.15, 0.2) is 0 Å². The fourth-order valence-electron chi connectivity index (χ4n) is 2.16. The first-order chi connectivity index (χ1) is 8.54. The van der Waals surface area contributed by atoms with Crippen LogP contribution in [-0.2, 0) is 15.6 Å². The van der Waals surface area contributed by atoms with E-state index in [1.165, 1.54) is 19.3 Å². The second-order valence-corrected chi connectivity index (χ2v) is 7.00. The molecular formula is C13H26N2O2S. The third-order valence-corrected chi connectivity index (χ3v) is 5.38. The van der Waals surface area contributed by atoms with Gasteiger partial charge in [-0.3, -0.25) is 9.00 Å². The Morgan fingerprint density at radius 1 is 1.39 bits per heavy atom. The Hall–Kier alpha value is -0.420. The van der Waals surface area contributed by atoms with Crippen molar-refractivity contribution in [1.82, 2.24) is 5.32 Å². The molecule has 1 amide bonds. The van der Waals surface area contributed by atoms with Crippen LogP contribution < -0.4 is 11.1 Å². The van der Waals surface area contributed by atoms with Crippen LogP contribution in [0.1, 0.15) is 52.4 Å². The van der Waals surface area contributed by atoms with Gasteiger partial charge in [-0.15, -0.1) is 0 Å². The SMILES string of the molecule is CCC(N)CS(=O)C(C)C(=O)NC1CCCCC1. The number of nitrogens with one attached hydrogen (secondary N) is 1. The van der Waals surface area contributed by atoms with Gasteiger partial charge in [0.05, 0.1) is 0 Å². The second-order valence-electron chi connectivity index (χ2n) is 5.20. The Balaban J connectivity index is 2.37. The molecule has 0 aromatic rings. The third kappa shape index (κ3) is 5.06. The summed E-state index contributed by atoms with van der Waals surface area (Å²) in [5.41, 5.74) is 5.77. The summed E-state index contributed by atoms with van der Waals surface area (Å²) in [6.45, 7) is 3.70. The molecular weight excluding hydrogens is 248 g/mol. The van der Waals surface area contributed by atoms with Gasteiger partial charge in [0.25, 0.3) is 0 Å². The van der Waals surface area contributed by atoms with Gasteiger partial charge in [-0.25, -0.2) is 0 Å². The van der Waals surface area contributed by atoms with E-state index in [9.17, 15) is 9.00 Å². The van der Waals surface area contributed by atoms with Gasteiger partial charge in [-0.05, 0) is 26.2 Å². The minimum absolute atomic E-state index is 0.0734. The number of carbonyl (C=O) groups excluding carboxylic acids is 1. The maximum absolute atomic E-state index is 12.0. The van der Waals surface area contributed by atoms with Gasteiger partial charge in [0, 0.05) is 28.6 Å². The van der Waals surface area contributed by atoms with E-state index in [0.717, 1.165) is 19.3 Å². The highest BCUT2D eigenvalue weighted by molar-refractivity contribution is 7.86. The van der Waals surface area contributed by atoms with Gasteiger partial charge in [-0.2, -0.15) is 0 Å². The molecule has 0 aliphatic heterocycles. The quantitative estimate of drug-likeness (QED) is 0.767. The summed E-state index contributed by atoms with van der Waals surface area (Å²) in [7, 11) is -1.17. The van der Waals surface area contributed by atoms with Gasteiger partial charge in [0.1, 0.15) is 5.25 Å². The Morgan fingerprint density at radius 3 is 2.56 bits per heavy atom. The maximum atomic E-state index is 12.0. The van der Waals surface area contributed by atoms with E-state index >= 15 is 0 Å². The average Bonchev–Trinajstić information content (AvgIpc) is 2.38. The molecule has 0 bridgehead atoms. The number of hydrogen-bond acceptors (Lipinski definition) is 3. The van der Waals surface area contributed by atoms with Crippen molar-refractivity contribution in [2.24, 2.45) is 5.73 Å². The predicted molar refractivity (Wildman–Crippen MR) is 75.8 cm³/mol. The molecule has 0 spiro atoms. The first-order valence-corrected chi connectivity index (χ1v) is 8.36. The van der Waals surface area contributed by atoms with E-state index in [1.54, 1.807) is 6.92 Å². The highest BCUT2D eigenvalue weighted by atomic mass is 32.2. The standard InChI is InChI=1S/C13H26N2O2S/c1-3-11(14)9-18(17)10(2)13(16)15-12-7-5-4-6-8-12/h10-12H,3-9,14H2,1-2H3,(H,15,16). The lowest BCUT2D eigenvalue weighted by atomic mass is 9.95. The van der Waals surface area contributed by atoms with Crippen molar-refractivity contribution >= 4 is 16.7 Å². The molecule has 18 heavy (non-hydrogen) atoms. The summed E-state index contributed by atoms with van der Waals surface area (Å²) in [6.07, 6.45) is 6.54. The molecule has 5 heteroatoms. The number of rotatable bonds is 6. The topological polar surface area (TPSA) is 72.2 Å². The van der Waals surface area contributed by atoms with Crippen molar-refractivity contribution in [2.45, 2.75) is 69.7 Å². The van der Waals surface area contributed by atoms with Gasteiger partial charge in [-0.1, -0.05) is 26.2 Å². The zero-order valence-corrected chi connectivity index (χ0v) is 12.3. The van der Waals surface area contributed by atoms with Crippen molar-refractivity contribution in [3.63, 3.8) is 0 Å². The summed E-state index contributed by atoms with van der Waals surface area (Å²) < 4.78 is 12.0. The van der Waals surface area contributed by atoms with E-state index in [4.69, 9.17) is 5.73 Å². The van der Waals surface area contributed by atoms with Crippen molar-refractivity contribution in [1.29, 1.82) is 0 Å². The molecule has 1 fully saturated rings. The molecule has 3 N–H and O–H groups in total. The third-order valence-electron chi connectivity index (χ3n) is 3.62. The Labute approximate surface area is 113 Å². The summed E-state index contributed by atoms with van der Waals surface area (Å²) in [6, 6.07) is 0.210. The van der Waals surface area contributed by atoms with Gasteiger partial charge in [0.2, 0.25) is 5.91 Å². The molecule has 0 aromatic heterocycles. The number of amides is 1. The zero-order valence-electron chi connectivity index (χ0n) is 11.5. The maximum Gasteiger partial charge on any atom is 0.235 e. The van der Waals surface area contributed by atoms with Gasteiger partial charge >= 0.3 is 0 Å². The molecule has 1 aliphatic carbocycles. The highest BCUT2D eigenvalue weighted by Gasteiger charge is 2.24. The Morgan fingerprint density at radius 2 is 2.00 bits per heavy atom. The fourth-order valence-corrected chi connectivity index (χ4v) is 3.41. The number of hydrogen-bond donors (Lipinski definition) is 2. The molecule has 4 nitrogen and oxygen atoms in total. The van der Waals surface area contributed by atoms with Gasteiger partial charge in [0.15, 0.2) is 0 Å². The molecule has 0 radical (unpaired) electrons. The minimum Gasteiger partial charge on any atom is -0.352 e. The van der Waals surface area contributed by atoms with Crippen LogP contribution in [-0.4, -0.2) is 33.2 Å². The molecule has 0 saturated heterocycles. The lowest BCUT2D eigenvalue weighted by molar-refractivity contribution is -0.121. The predicted octanol–water partition coefficient (Wildman–Crippen LogP) is 1.31. The molecule has 1 saturated carbocycles. The molecule has 0 heterocycles. The Kier molecular flexibility index (Phi) is 6.86. The molecule has 1 rings (SSSR count). The first kappa shape index (κ1) is 15.6. The van der Waals surface area contributed by atoms with Crippen LogP contribution in [0.25, 0.3) is 0 Å². The highest BCUT2D eigenvalue weighted by Crippen LogP contribution is 2.17. The van der Waals surface area contributed by atoms with Crippen LogP contribution in [0.3, 0.4) is 0 Å². The van der Waals surface area contributed by atoms with Crippen LogP contribution >= 0.6 is 0 Å². The van der Waals surface area contributed by atoms with Crippen LogP contribution in [0.4, 0.5) is 0 Å². The lowest BCUT2D eigenvalue weighted by Gasteiger charge is -2.24. The summed E-state index contributed by atoms with van der Waals surface area (Å²) in [4.78, 5) is 12.0. The van der Waals surface area contributed by atoms with Crippen molar-refractivity contribution in [2.75, 3.05) is 5.75 Å². The first-order valence-electron chi connectivity index (χ1n) is 6.97. The molecule has 3 atom stereocenters. The van der Waals surface area contributed by atoms with Crippen molar-refractivity contribution in [3.05, 3.63) is 0 Å². The minimum atomic E-state index is -1.17. The van der Waals surface area contributed by atoms with E-state index in [1.807, 2.05) is 6.92 Å². The summed E-state index contributed by atoms with van der Waals surface area (Å²) in [5, 5.41) is 2.56. The van der Waals surface area contributed by atoms with E-state index in [0.29, 0.717) is 5.75 Å². The van der Waals surface area contributed by atoms with Crippen molar-refractivity contribution in [3.8, 4) is 0 Å². The van der Waals surface area contributed by atoms with Crippen LogP contribution in [0, 0.1) is 0 Å². The van der Waals surface area contributed by atoms with Crippen LogP contribution in [0.2, 0.25) is 0 Å². The smallest absolute Gasteiger partial charge is 0.235 e. The molecule has 106 valence electrons. The van der Waals surface area contributed by atoms with Crippen LogP contribution in [0.5, 0.6) is 0 Å².